The molecule has 0 aromatic heterocycles. The van der Waals surface area contributed by atoms with Gasteiger partial charge in [-0.05, 0) is 44.0 Å². The monoisotopic (exact) mass is 219 g/mol. The SMILES string of the molecule is CCCc1ccc(OC2CC(NC)C2)cc1. The predicted octanol–water partition coefficient (Wildman–Crippen LogP) is 2.77. The lowest BCUT2D eigenvalue weighted by atomic mass is 9.89. The van der Waals surface area contributed by atoms with Gasteiger partial charge in [0.1, 0.15) is 11.9 Å². The van der Waals surface area contributed by atoms with Gasteiger partial charge in [0, 0.05) is 6.04 Å². The van der Waals surface area contributed by atoms with E-state index in [1.54, 1.807) is 0 Å². The van der Waals surface area contributed by atoms with Crippen molar-refractivity contribution in [2.45, 2.75) is 44.8 Å². The van der Waals surface area contributed by atoms with Crippen LogP contribution < -0.4 is 10.1 Å². The zero-order chi connectivity index (χ0) is 11.4. The second-order valence-electron chi connectivity index (χ2n) is 4.59. The van der Waals surface area contributed by atoms with E-state index in [1.807, 2.05) is 7.05 Å². The van der Waals surface area contributed by atoms with Crippen molar-refractivity contribution in [1.82, 2.24) is 5.32 Å². The van der Waals surface area contributed by atoms with Crippen LogP contribution in [0.2, 0.25) is 0 Å². The quantitative estimate of drug-likeness (QED) is 0.822. The van der Waals surface area contributed by atoms with E-state index in [0.29, 0.717) is 12.1 Å². The lowest BCUT2D eigenvalue weighted by molar-refractivity contribution is 0.0885. The Labute approximate surface area is 98.0 Å². The molecule has 1 aliphatic rings. The van der Waals surface area contributed by atoms with Crippen LogP contribution in [0.15, 0.2) is 24.3 Å². The Hall–Kier alpha value is -1.02. The predicted molar refractivity (Wildman–Crippen MR) is 66.9 cm³/mol. The van der Waals surface area contributed by atoms with E-state index in [4.69, 9.17) is 4.74 Å². The number of rotatable bonds is 5. The Bertz CT molecular complexity index is 314. The molecule has 0 saturated heterocycles. The van der Waals surface area contributed by atoms with E-state index in [9.17, 15) is 0 Å². The number of nitrogens with one attached hydrogen (secondary N) is 1. The molecule has 0 radical (unpaired) electrons. The summed E-state index contributed by atoms with van der Waals surface area (Å²) < 4.78 is 5.88. The molecule has 0 bridgehead atoms. The summed E-state index contributed by atoms with van der Waals surface area (Å²) in [6, 6.07) is 9.19. The summed E-state index contributed by atoms with van der Waals surface area (Å²) in [6.07, 6.45) is 5.04. The molecule has 1 aromatic rings. The maximum atomic E-state index is 5.88. The smallest absolute Gasteiger partial charge is 0.119 e. The van der Waals surface area contributed by atoms with Gasteiger partial charge in [-0.15, -0.1) is 0 Å². The Morgan fingerprint density at radius 1 is 1.25 bits per heavy atom. The first-order chi connectivity index (χ1) is 7.81. The fraction of sp³-hybridized carbons (Fsp3) is 0.571. The first-order valence-electron chi connectivity index (χ1n) is 6.24. The molecular weight excluding hydrogens is 198 g/mol. The number of hydrogen-bond acceptors (Lipinski definition) is 2. The Balaban J connectivity index is 1.82. The molecule has 0 atom stereocenters. The van der Waals surface area contributed by atoms with E-state index in [2.05, 4.69) is 36.5 Å². The zero-order valence-corrected chi connectivity index (χ0v) is 10.2. The maximum absolute atomic E-state index is 5.88. The topological polar surface area (TPSA) is 21.3 Å². The molecule has 88 valence electrons. The third kappa shape index (κ3) is 2.76. The molecule has 2 rings (SSSR count). The normalized spacial score (nSPS) is 23.9. The van der Waals surface area contributed by atoms with Crippen LogP contribution in [0.3, 0.4) is 0 Å². The Morgan fingerprint density at radius 2 is 1.94 bits per heavy atom. The fourth-order valence-corrected chi connectivity index (χ4v) is 2.11. The van der Waals surface area contributed by atoms with Crippen molar-refractivity contribution in [3.63, 3.8) is 0 Å². The van der Waals surface area contributed by atoms with Crippen LogP contribution in [0.4, 0.5) is 0 Å². The summed E-state index contributed by atoms with van der Waals surface area (Å²) in [6.45, 7) is 2.21. The lowest BCUT2D eigenvalue weighted by Crippen LogP contribution is -2.45. The van der Waals surface area contributed by atoms with Gasteiger partial charge in [-0.2, -0.15) is 0 Å². The summed E-state index contributed by atoms with van der Waals surface area (Å²) in [4.78, 5) is 0. The zero-order valence-electron chi connectivity index (χ0n) is 10.2. The summed E-state index contributed by atoms with van der Waals surface area (Å²) >= 11 is 0. The average molecular weight is 219 g/mol. The molecule has 0 unspecified atom stereocenters. The molecule has 1 saturated carbocycles. The molecule has 1 fully saturated rings. The summed E-state index contributed by atoms with van der Waals surface area (Å²) in [5, 5.41) is 3.26. The Kier molecular flexibility index (Phi) is 3.83. The fourth-order valence-electron chi connectivity index (χ4n) is 2.11. The van der Waals surface area contributed by atoms with Crippen molar-refractivity contribution < 1.29 is 4.74 Å². The standard InChI is InChI=1S/C14H21NO/c1-3-4-11-5-7-13(8-6-11)16-14-9-12(10-14)15-2/h5-8,12,14-15H,3-4,9-10H2,1-2H3. The van der Waals surface area contributed by atoms with E-state index in [1.165, 1.54) is 12.0 Å². The number of hydrogen-bond donors (Lipinski definition) is 1. The first-order valence-corrected chi connectivity index (χ1v) is 6.24. The van der Waals surface area contributed by atoms with E-state index in [-0.39, 0.29) is 0 Å². The maximum Gasteiger partial charge on any atom is 0.119 e. The highest BCUT2D eigenvalue weighted by Crippen LogP contribution is 2.25. The van der Waals surface area contributed by atoms with Gasteiger partial charge in [0.15, 0.2) is 0 Å². The van der Waals surface area contributed by atoms with Gasteiger partial charge < -0.3 is 10.1 Å². The van der Waals surface area contributed by atoms with Crippen LogP contribution in [0.1, 0.15) is 31.7 Å². The Morgan fingerprint density at radius 3 is 2.50 bits per heavy atom. The van der Waals surface area contributed by atoms with Crippen molar-refractivity contribution in [3.8, 4) is 5.75 Å². The molecule has 16 heavy (non-hydrogen) atoms. The largest absolute Gasteiger partial charge is 0.490 e. The van der Waals surface area contributed by atoms with Crippen LogP contribution in [-0.4, -0.2) is 19.2 Å². The summed E-state index contributed by atoms with van der Waals surface area (Å²) in [5.41, 5.74) is 1.40. The van der Waals surface area contributed by atoms with Crippen LogP contribution in [-0.2, 0) is 6.42 Å². The molecular formula is C14H21NO. The average Bonchev–Trinajstić information content (AvgIpc) is 2.25. The summed E-state index contributed by atoms with van der Waals surface area (Å²) in [5.74, 6) is 1.01. The third-order valence-electron chi connectivity index (χ3n) is 3.27. The van der Waals surface area contributed by atoms with Gasteiger partial charge in [0.25, 0.3) is 0 Å². The van der Waals surface area contributed by atoms with E-state index < -0.39 is 0 Å². The van der Waals surface area contributed by atoms with Crippen molar-refractivity contribution >= 4 is 0 Å². The lowest BCUT2D eigenvalue weighted by Gasteiger charge is -2.35. The second kappa shape index (κ2) is 5.35. The van der Waals surface area contributed by atoms with E-state index in [0.717, 1.165) is 25.0 Å². The minimum absolute atomic E-state index is 0.412. The van der Waals surface area contributed by atoms with Gasteiger partial charge in [0.05, 0.1) is 0 Å². The van der Waals surface area contributed by atoms with Gasteiger partial charge in [-0.3, -0.25) is 0 Å². The van der Waals surface area contributed by atoms with Gasteiger partial charge in [-0.25, -0.2) is 0 Å². The minimum Gasteiger partial charge on any atom is -0.490 e. The molecule has 0 amide bonds. The van der Waals surface area contributed by atoms with E-state index >= 15 is 0 Å². The molecule has 2 heteroatoms. The molecule has 0 spiro atoms. The van der Waals surface area contributed by atoms with Crippen molar-refractivity contribution in [2.24, 2.45) is 0 Å². The van der Waals surface area contributed by atoms with Crippen LogP contribution in [0, 0.1) is 0 Å². The van der Waals surface area contributed by atoms with Gasteiger partial charge in [0.2, 0.25) is 0 Å². The number of aryl methyl sites for hydroxylation is 1. The number of ether oxygens (including phenoxy) is 1. The van der Waals surface area contributed by atoms with Crippen LogP contribution >= 0.6 is 0 Å². The molecule has 0 heterocycles. The van der Waals surface area contributed by atoms with Gasteiger partial charge in [-0.1, -0.05) is 25.5 Å². The van der Waals surface area contributed by atoms with Crippen molar-refractivity contribution in [2.75, 3.05) is 7.05 Å². The highest BCUT2D eigenvalue weighted by Gasteiger charge is 2.29. The second-order valence-corrected chi connectivity index (χ2v) is 4.59. The van der Waals surface area contributed by atoms with Crippen LogP contribution in [0.5, 0.6) is 5.75 Å². The third-order valence-corrected chi connectivity index (χ3v) is 3.27. The molecule has 1 aliphatic carbocycles. The highest BCUT2D eigenvalue weighted by molar-refractivity contribution is 5.27. The van der Waals surface area contributed by atoms with Gasteiger partial charge >= 0.3 is 0 Å². The summed E-state index contributed by atoms with van der Waals surface area (Å²) in [7, 11) is 2.01. The van der Waals surface area contributed by atoms with Crippen LogP contribution in [0.25, 0.3) is 0 Å². The molecule has 2 nitrogen and oxygen atoms in total. The highest BCUT2D eigenvalue weighted by atomic mass is 16.5. The molecule has 1 aromatic carbocycles. The molecule has 0 aliphatic heterocycles. The minimum atomic E-state index is 0.412. The van der Waals surface area contributed by atoms with Crippen molar-refractivity contribution in [1.29, 1.82) is 0 Å². The molecule has 1 N–H and O–H groups in total. The van der Waals surface area contributed by atoms with Crippen molar-refractivity contribution in [3.05, 3.63) is 29.8 Å². The first kappa shape index (κ1) is 11.5. The number of benzene rings is 1.